The highest BCUT2D eigenvalue weighted by molar-refractivity contribution is 7.91. The highest BCUT2D eigenvalue weighted by Gasteiger charge is 2.42. The maximum Gasteiger partial charge on any atom is 0.153 e. The number of fused-ring (bicyclic) bond motifs is 1. The first-order chi connectivity index (χ1) is 7.48. The molecule has 2 aliphatic rings. The van der Waals surface area contributed by atoms with E-state index < -0.39 is 9.84 Å². The predicted octanol–water partition coefficient (Wildman–Crippen LogP) is 0.0234. The average molecular weight is 244 g/mol. The van der Waals surface area contributed by atoms with Crippen LogP contribution in [0.15, 0.2) is 11.6 Å². The van der Waals surface area contributed by atoms with Gasteiger partial charge in [0.2, 0.25) is 0 Å². The quantitative estimate of drug-likeness (QED) is 0.696. The molecule has 2 fully saturated rings. The third-order valence-electron chi connectivity index (χ3n) is 3.33. The lowest BCUT2D eigenvalue weighted by molar-refractivity contribution is 0.165. The van der Waals surface area contributed by atoms with E-state index in [0.717, 1.165) is 19.6 Å². The Labute approximate surface area is 97.6 Å². The molecule has 2 rings (SSSR count). The monoisotopic (exact) mass is 244 g/mol. The number of nitrogens with zero attached hydrogens (tertiary/aromatic N) is 1. The van der Waals surface area contributed by atoms with Gasteiger partial charge in [0, 0.05) is 31.7 Å². The van der Waals surface area contributed by atoms with Crippen LogP contribution in [0.3, 0.4) is 0 Å². The third-order valence-corrected chi connectivity index (χ3v) is 5.05. The molecule has 0 aromatic carbocycles. The molecule has 2 aliphatic heterocycles. The summed E-state index contributed by atoms with van der Waals surface area (Å²) in [5, 5.41) is 3.31. The lowest BCUT2D eigenvalue weighted by Crippen LogP contribution is -2.57. The lowest BCUT2D eigenvalue weighted by Gasteiger charge is -2.36. The van der Waals surface area contributed by atoms with Gasteiger partial charge < -0.3 is 5.32 Å². The molecular formula is C11H20N2O2S. The zero-order valence-electron chi connectivity index (χ0n) is 9.94. The Kier molecular flexibility index (Phi) is 3.37. The molecule has 2 atom stereocenters. The molecule has 0 spiro atoms. The molecule has 92 valence electrons. The molecular weight excluding hydrogens is 224 g/mol. The van der Waals surface area contributed by atoms with Crippen LogP contribution in [-0.2, 0) is 9.84 Å². The molecule has 0 unspecified atom stereocenters. The third kappa shape index (κ3) is 2.64. The van der Waals surface area contributed by atoms with E-state index in [9.17, 15) is 8.42 Å². The van der Waals surface area contributed by atoms with Gasteiger partial charge in [-0.1, -0.05) is 11.6 Å². The summed E-state index contributed by atoms with van der Waals surface area (Å²) in [6.45, 7) is 6.87. The predicted molar refractivity (Wildman–Crippen MR) is 65.2 cm³/mol. The van der Waals surface area contributed by atoms with E-state index in [2.05, 4.69) is 30.1 Å². The fourth-order valence-corrected chi connectivity index (χ4v) is 4.46. The van der Waals surface area contributed by atoms with Crippen LogP contribution in [-0.4, -0.2) is 56.5 Å². The van der Waals surface area contributed by atoms with E-state index in [-0.39, 0.29) is 12.1 Å². The number of allylic oxidation sites excluding steroid dienone is 1. The summed E-state index contributed by atoms with van der Waals surface area (Å²) in [5.74, 6) is 0.629. The molecule has 0 saturated carbocycles. The second-order valence-electron chi connectivity index (χ2n) is 4.98. The Hall–Kier alpha value is -0.390. The zero-order valence-corrected chi connectivity index (χ0v) is 10.8. The van der Waals surface area contributed by atoms with Gasteiger partial charge in [0.15, 0.2) is 9.84 Å². The van der Waals surface area contributed by atoms with Gasteiger partial charge in [-0.2, -0.15) is 0 Å². The first-order valence-electron chi connectivity index (χ1n) is 5.79. The first-order valence-corrected chi connectivity index (χ1v) is 7.61. The highest BCUT2D eigenvalue weighted by atomic mass is 32.2. The van der Waals surface area contributed by atoms with Crippen molar-refractivity contribution in [2.75, 3.05) is 31.1 Å². The van der Waals surface area contributed by atoms with Crippen LogP contribution in [0.1, 0.15) is 13.8 Å². The van der Waals surface area contributed by atoms with Gasteiger partial charge in [0.05, 0.1) is 11.5 Å². The van der Waals surface area contributed by atoms with Crippen molar-refractivity contribution in [3.8, 4) is 0 Å². The summed E-state index contributed by atoms with van der Waals surface area (Å²) < 4.78 is 23.2. The van der Waals surface area contributed by atoms with Gasteiger partial charge in [-0.15, -0.1) is 0 Å². The normalized spacial score (nSPS) is 33.4. The van der Waals surface area contributed by atoms with Crippen LogP contribution in [0.5, 0.6) is 0 Å². The summed E-state index contributed by atoms with van der Waals surface area (Å²) in [6, 6.07) is 0.318. The largest absolute Gasteiger partial charge is 0.310 e. The average Bonchev–Trinajstić information content (AvgIpc) is 2.48. The fraction of sp³-hybridized carbons (Fsp3) is 0.818. The summed E-state index contributed by atoms with van der Waals surface area (Å²) in [4.78, 5) is 2.29. The van der Waals surface area contributed by atoms with Crippen LogP contribution < -0.4 is 5.32 Å². The number of hydrogen-bond donors (Lipinski definition) is 1. The van der Waals surface area contributed by atoms with E-state index in [1.54, 1.807) is 0 Å². The molecule has 2 heterocycles. The summed E-state index contributed by atoms with van der Waals surface area (Å²) in [5.41, 5.74) is 1.29. The first kappa shape index (κ1) is 12.1. The minimum Gasteiger partial charge on any atom is -0.310 e. The lowest BCUT2D eigenvalue weighted by atomic mass is 10.1. The molecule has 0 aliphatic carbocycles. The maximum atomic E-state index is 11.6. The smallest absolute Gasteiger partial charge is 0.153 e. The van der Waals surface area contributed by atoms with Gasteiger partial charge in [-0.25, -0.2) is 8.42 Å². The second-order valence-corrected chi connectivity index (χ2v) is 7.14. The Morgan fingerprint density at radius 2 is 2.19 bits per heavy atom. The zero-order chi connectivity index (χ0) is 11.8. The van der Waals surface area contributed by atoms with Crippen molar-refractivity contribution in [3.63, 3.8) is 0 Å². The van der Waals surface area contributed by atoms with E-state index >= 15 is 0 Å². The molecule has 5 heteroatoms. The molecule has 16 heavy (non-hydrogen) atoms. The topological polar surface area (TPSA) is 49.4 Å². The maximum absolute atomic E-state index is 11.6. The Morgan fingerprint density at radius 1 is 1.44 bits per heavy atom. The van der Waals surface area contributed by atoms with Crippen LogP contribution >= 0.6 is 0 Å². The SMILES string of the molecule is CC(C)=CCN1CCN[C@H]2CS(=O)(=O)C[C@@H]21. The van der Waals surface area contributed by atoms with Crippen LogP contribution in [0.25, 0.3) is 0 Å². The Bertz CT molecular complexity index is 385. The minimum absolute atomic E-state index is 0.143. The van der Waals surface area contributed by atoms with E-state index in [1.165, 1.54) is 5.57 Å². The van der Waals surface area contributed by atoms with E-state index in [4.69, 9.17) is 0 Å². The van der Waals surface area contributed by atoms with E-state index in [0.29, 0.717) is 11.5 Å². The van der Waals surface area contributed by atoms with Crippen molar-refractivity contribution in [1.82, 2.24) is 10.2 Å². The molecule has 1 N–H and O–H groups in total. The van der Waals surface area contributed by atoms with Crippen molar-refractivity contribution in [2.24, 2.45) is 0 Å². The van der Waals surface area contributed by atoms with Crippen molar-refractivity contribution in [1.29, 1.82) is 0 Å². The van der Waals surface area contributed by atoms with Crippen LogP contribution in [0.2, 0.25) is 0 Å². The van der Waals surface area contributed by atoms with Crippen LogP contribution in [0, 0.1) is 0 Å². The van der Waals surface area contributed by atoms with Gasteiger partial charge in [-0.05, 0) is 13.8 Å². The molecule has 0 aromatic rings. The van der Waals surface area contributed by atoms with Gasteiger partial charge >= 0.3 is 0 Å². The van der Waals surface area contributed by atoms with Crippen LogP contribution in [0.4, 0.5) is 0 Å². The summed E-state index contributed by atoms with van der Waals surface area (Å²) in [6.07, 6.45) is 2.17. The van der Waals surface area contributed by atoms with Gasteiger partial charge in [0.25, 0.3) is 0 Å². The Balaban J connectivity index is 2.07. The van der Waals surface area contributed by atoms with E-state index in [1.807, 2.05) is 0 Å². The highest BCUT2D eigenvalue weighted by Crippen LogP contribution is 2.21. The minimum atomic E-state index is -2.83. The molecule has 0 aromatic heterocycles. The van der Waals surface area contributed by atoms with Gasteiger partial charge in [0.1, 0.15) is 0 Å². The molecule has 4 nitrogen and oxygen atoms in total. The number of sulfone groups is 1. The number of piperazine rings is 1. The van der Waals surface area contributed by atoms with Crippen molar-refractivity contribution in [3.05, 3.63) is 11.6 Å². The van der Waals surface area contributed by atoms with Crippen molar-refractivity contribution < 1.29 is 8.42 Å². The van der Waals surface area contributed by atoms with Gasteiger partial charge in [-0.3, -0.25) is 4.90 Å². The molecule has 0 radical (unpaired) electrons. The molecule has 2 saturated heterocycles. The standard InChI is InChI=1S/C11H20N2O2S/c1-9(2)3-5-13-6-4-12-10-7-16(14,15)8-11(10)13/h3,10-12H,4-8H2,1-2H3/t10-,11-/m0/s1. The number of hydrogen-bond acceptors (Lipinski definition) is 4. The number of nitrogens with one attached hydrogen (secondary N) is 1. The van der Waals surface area contributed by atoms with Crippen molar-refractivity contribution >= 4 is 9.84 Å². The summed E-state index contributed by atoms with van der Waals surface area (Å²) in [7, 11) is -2.83. The second kappa shape index (κ2) is 4.47. The number of rotatable bonds is 2. The van der Waals surface area contributed by atoms with Crippen molar-refractivity contribution in [2.45, 2.75) is 25.9 Å². The Morgan fingerprint density at radius 3 is 2.88 bits per heavy atom. The fourth-order valence-electron chi connectivity index (χ4n) is 2.47. The molecule has 0 amide bonds. The molecule has 0 bridgehead atoms. The summed E-state index contributed by atoms with van der Waals surface area (Å²) >= 11 is 0.